The highest BCUT2D eigenvalue weighted by Gasteiger charge is 1.89. The molecule has 0 amide bonds. The number of anilines is 1. The van der Waals surface area contributed by atoms with E-state index >= 15 is 0 Å². The molecule has 0 aliphatic rings. The number of aliphatic carboxylic acids is 1. The third-order valence-corrected chi connectivity index (χ3v) is 1.74. The molecule has 4 nitrogen and oxygen atoms in total. The van der Waals surface area contributed by atoms with Crippen LogP contribution >= 0.6 is 15.9 Å². The Kier molecular flexibility index (Phi) is 3.45. The van der Waals surface area contributed by atoms with E-state index < -0.39 is 5.97 Å². The Balaban J connectivity index is 2.55. The first-order valence-corrected chi connectivity index (χ1v) is 4.25. The van der Waals surface area contributed by atoms with Gasteiger partial charge in [0.1, 0.15) is 6.21 Å². The van der Waals surface area contributed by atoms with Crippen molar-refractivity contribution in [2.24, 2.45) is 5.10 Å². The number of hydrogen-bond donors (Lipinski definition) is 2. The van der Waals surface area contributed by atoms with Crippen LogP contribution < -0.4 is 5.43 Å². The van der Waals surface area contributed by atoms with Crippen LogP contribution in [0.3, 0.4) is 0 Å². The number of carboxylic acid groups (broad SMARTS) is 1. The van der Waals surface area contributed by atoms with E-state index in [0.717, 1.165) is 16.4 Å². The highest BCUT2D eigenvalue weighted by molar-refractivity contribution is 9.10. The molecule has 68 valence electrons. The van der Waals surface area contributed by atoms with Crippen LogP contribution in [0.2, 0.25) is 0 Å². The first-order chi connectivity index (χ1) is 6.18. The molecule has 2 N–H and O–H groups in total. The van der Waals surface area contributed by atoms with Crippen LogP contribution in [0.15, 0.2) is 33.8 Å². The maximum atomic E-state index is 10.0. The van der Waals surface area contributed by atoms with Crippen LogP contribution in [0.25, 0.3) is 0 Å². The fourth-order valence-electron chi connectivity index (χ4n) is 0.686. The number of carbonyl (C=O) groups is 1. The summed E-state index contributed by atoms with van der Waals surface area (Å²) in [7, 11) is 0. The molecule has 5 heteroatoms. The van der Waals surface area contributed by atoms with Gasteiger partial charge in [-0.2, -0.15) is 5.10 Å². The number of hydrazone groups is 1. The van der Waals surface area contributed by atoms with Gasteiger partial charge in [-0.1, -0.05) is 15.9 Å². The summed E-state index contributed by atoms with van der Waals surface area (Å²) >= 11 is 3.28. The van der Waals surface area contributed by atoms with Gasteiger partial charge in [0, 0.05) is 4.47 Å². The molecule has 0 aliphatic carbocycles. The van der Waals surface area contributed by atoms with Crippen LogP contribution in [0, 0.1) is 0 Å². The van der Waals surface area contributed by atoms with E-state index in [2.05, 4.69) is 26.5 Å². The number of nitrogens with one attached hydrogen (secondary N) is 1. The van der Waals surface area contributed by atoms with Crippen molar-refractivity contribution in [1.29, 1.82) is 0 Å². The van der Waals surface area contributed by atoms with E-state index in [-0.39, 0.29) is 0 Å². The zero-order chi connectivity index (χ0) is 9.68. The highest BCUT2D eigenvalue weighted by Crippen LogP contribution is 2.13. The lowest BCUT2D eigenvalue weighted by atomic mass is 10.3. The molecule has 0 unspecified atom stereocenters. The normalized spacial score (nSPS) is 10.2. The van der Waals surface area contributed by atoms with Crippen molar-refractivity contribution in [1.82, 2.24) is 0 Å². The molecule has 0 saturated heterocycles. The van der Waals surface area contributed by atoms with Crippen LogP contribution in [0.1, 0.15) is 0 Å². The van der Waals surface area contributed by atoms with Crippen LogP contribution in [0.5, 0.6) is 0 Å². The van der Waals surface area contributed by atoms with Gasteiger partial charge in [-0.15, -0.1) is 0 Å². The third-order valence-electron chi connectivity index (χ3n) is 1.21. The van der Waals surface area contributed by atoms with E-state index in [1.807, 2.05) is 12.1 Å². The minimum absolute atomic E-state index is 0.737. The van der Waals surface area contributed by atoms with Crippen molar-refractivity contribution in [3.63, 3.8) is 0 Å². The average molecular weight is 243 g/mol. The maximum absolute atomic E-state index is 10.0. The summed E-state index contributed by atoms with van der Waals surface area (Å²) in [6.07, 6.45) is 0.794. The van der Waals surface area contributed by atoms with Gasteiger partial charge in [-0.3, -0.25) is 5.43 Å². The number of halogens is 1. The number of nitrogens with zero attached hydrogens (tertiary/aromatic N) is 1. The molecule has 0 aromatic heterocycles. The zero-order valence-electron chi connectivity index (χ0n) is 6.57. The van der Waals surface area contributed by atoms with Crippen molar-refractivity contribution in [2.75, 3.05) is 5.43 Å². The summed E-state index contributed by atoms with van der Waals surface area (Å²) in [6, 6.07) is 7.23. The van der Waals surface area contributed by atoms with E-state index in [4.69, 9.17) is 5.11 Å². The number of rotatable bonds is 3. The first-order valence-electron chi connectivity index (χ1n) is 3.46. The summed E-state index contributed by atoms with van der Waals surface area (Å²) in [5.41, 5.74) is 3.31. The van der Waals surface area contributed by atoms with Gasteiger partial charge >= 0.3 is 5.97 Å². The van der Waals surface area contributed by atoms with Gasteiger partial charge in [-0.25, -0.2) is 4.79 Å². The van der Waals surface area contributed by atoms with Gasteiger partial charge in [0.15, 0.2) is 0 Å². The molecule has 0 saturated carbocycles. The lowest BCUT2D eigenvalue weighted by Crippen LogP contribution is -1.98. The summed E-state index contributed by atoms with van der Waals surface area (Å²) in [4.78, 5) is 10.0. The standard InChI is InChI=1S/C8H7BrN2O2/c9-6-1-3-7(4-2-6)11-10-5-8(12)13/h1-5,11H,(H,12,13)/b10-5-. The smallest absolute Gasteiger partial charge is 0.348 e. The monoisotopic (exact) mass is 242 g/mol. The second-order valence-electron chi connectivity index (χ2n) is 2.22. The maximum Gasteiger partial charge on any atom is 0.348 e. The van der Waals surface area contributed by atoms with Crippen LogP contribution in [-0.4, -0.2) is 17.3 Å². The molecule has 0 radical (unpaired) electrons. The average Bonchev–Trinajstić information content (AvgIpc) is 2.08. The summed E-state index contributed by atoms with van der Waals surface area (Å²) in [5, 5.41) is 11.7. The zero-order valence-corrected chi connectivity index (χ0v) is 8.15. The van der Waals surface area contributed by atoms with Gasteiger partial charge < -0.3 is 5.11 Å². The molecule has 0 aliphatic heterocycles. The summed E-state index contributed by atoms with van der Waals surface area (Å²) < 4.78 is 0.959. The summed E-state index contributed by atoms with van der Waals surface area (Å²) in [5.74, 6) is -1.08. The Bertz CT molecular complexity index is 321. The van der Waals surface area contributed by atoms with Crippen LogP contribution in [0.4, 0.5) is 5.69 Å². The van der Waals surface area contributed by atoms with Crippen molar-refractivity contribution < 1.29 is 9.90 Å². The minimum atomic E-state index is -1.08. The largest absolute Gasteiger partial charge is 0.477 e. The molecule has 0 spiro atoms. The summed E-state index contributed by atoms with van der Waals surface area (Å²) in [6.45, 7) is 0. The number of carboxylic acids is 1. The lowest BCUT2D eigenvalue weighted by Gasteiger charge is -1.97. The molecule has 0 atom stereocenters. The van der Waals surface area contributed by atoms with Gasteiger partial charge in [0.2, 0.25) is 0 Å². The van der Waals surface area contributed by atoms with Gasteiger partial charge in [0.05, 0.1) is 5.69 Å². The predicted octanol–water partition coefficient (Wildman–Crippen LogP) is 1.93. The molecule has 0 bridgehead atoms. The number of hydrogen-bond acceptors (Lipinski definition) is 3. The van der Waals surface area contributed by atoms with E-state index in [9.17, 15) is 4.79 Å². The second kappa shape index (κ2) is 4.61. The third kappa shape index (κ3) is 3.71. The molecule has 1 aromatic rings. The molecule has 1 aromatic carbocycles. The quantitative estimate of drug-likeness (QED) is 0.629. The molecule has 1 rings (SSSR count). The molecule has 0 fully saturated rings. The number of benzene rings is 1. The Hall–Kier alpha value is -1.36. The first kappa shape index (κ1) is 9.73. The lowest BCUT2D eigenvalue weighted by molar-refractivity contribution is -0.128. The molecule has 0 heterocycles. The fourth-order valence-corrected chi connectivity index (χ4v) is 0.951. The Labute approximate surface area is 83.4 Å². The fraction of sp³-hybridized carbons (Fsp3) is 0. The highest BCUT2D eigenvalue weighted by atomic mass is 79.9. The Morgan fingerprint density at radius 1 is 1.46 bits per heavy atom. The molecular formula is C8H7BrN2O2. The van der Waals surface area contributed by atoms with Crippen molar-refractivity contribution in [3.8, 4) is 0 Å². The van der Waals surface area contributed by atoms with E-state index in [1.54, 1.807) is 12.1 Å². The predicted molar refractivity (Wildman–Crippen MR) is 53.9 cm³/mol. The molecular weight excluding hydrogens is 236 g/mol. The van der Waals surface area contributed by atoms with E-state index in [1.165, 1.54) is 0 Å². The van der Waals surface area contributed by atoms with Gasteiger partial charge in [0.25, 0.3) is 0 Å². The minimum Gasteiger partial charge on any atom is -0.477 e. The van der Waals surface area contributed by atoms with Crippen LogP contribution in [-0.2, 0) is 4.79 Å². The Morgan fingerprint density at radius 3 is 2.62 bits per heavy atom. The molecule has 13 heavy (non-hydrogen) atoms. The van der Waals surface area contributed by atoms with Gasteiger partial charge in [-0.05, 0) is 24.3 Å². The topological polar surface area (TPSA) is 61.7 Å². The van der Waals surface area contributed by atoms with E-state index in [0.29, 0.717) is 0 Å². The van der Waals surface area contributed by atoms with Crippen molar-refractivity contribution in [3.05, 3.63) is 28.7 Å². The SMILES string of the molecule is O=C(O)/C=N\Nc1ccc(Br)cc1. The second-order valence-corrected chi connectivity index (χ2v) is 3.13. The Morgan fingerprint density at radius 2 is 2.08 bits per heavy atom. The van der Waals surface area contributed by atoms with Crippen molar-refractivity contribution >= 4 is 33.8 Å². The van der Waals surface area contributed by atoms with Crippen molar-refractivity contribution in [2.45, 2.75) is 0 Å².